The Hall–Kier alpha value is -3.36. The van der Waals surface area contributed by atoms with Crippen molar-refractivity contribution in [3.63, 3.8) is 0 Å². The van der Waals surface area contributed by atoms with Crippen LogP contribution in [0.1, 0.15) is 21.6 Å². The van der Waals surface area contributed by atoms with Crippen LogP contribution in [-0.2, 0) is 17.9 Å². The lowest BCUT2D eigenvalue weighted by atomic mass is 10.1. The van der Waals surface area contributed by atoms with Gasteiger partial charge in [-0.25, -0.2) is 0 Å². The largest absolute Gasteiger partial charge is 0.489 e. The van der Waals surface area contributed by atoms with Crippen molar-refractivity contribution >= 4 is 23.3 Å². The van der Waals surface area contributed by atoms with E-state index in [1.165, 1.54) is 5.56 Å². The summed E-state index contributed by atoms with van der Waals surface area (Å²) < 4.78 is 5.80. The van der Waals surface area contributed by atoms with Crippen LogP contribution in [0, 0.1) is 18.3 Å². The maximum atomic E-state index is 12.2. The molecule has 1 aromatic heterocycles. The predicted octanol–water partition coefficient (Wildman–Crippen LogP) is 4.86. The Balaban J connectivity index is 1.59. The first-order chi connectivity index (χ1) is 13.6. The van der Waals surface area contributed by atoms with E-state index in [0.717, 1.165) is 21.8 Å². The number of rotatable bonds is 7. The van der Waals surface area contributed by atoms with Gasteiger partial charge in [-0.15, -0.1) is 11.3 Å². The fourth-order valence-electron chi connectivity index (χ4n) is 2.62. The van der Waals surface area contributed by atoms with Crippen molar-refractivity contribution < 1.29 is 9.53 Å². The van der Waals surface area contributed by atoms with Crippen LogP contribution in [0.3, 0.4) is 0 Å². The topological polar surface area (TPSA) is 62.1 Å². The standard InChI is InChI=1S/C23H20N2O2S/c1-17-4-2-5-19(12-17)16-27-21-9-7-18(8-10-21)13-20(14-24)23(26)25-15-22-6-3-11-28-22/h2-13H,15-16H2,1H3,(H,25,26)/b20-13+. The molecule has 2 aromatic carbocycles. The smallest absolute Gasteiger partial charge is 0.262 e. The summed E-state index contributed by atoms with van der Waals surface area (Å²) in [7, 11) is 0. The fourth-order valence-corrected chi connectivity index (χ4v) is 3.26. The normalized spacial score (nSPS) is 10.9. The van der Waals surface area contributed by atoms with Crippen LogP contribution >= 0.6 is 11.3 Å². The average molecular weight is 388 g/mol. The van der Waals surface area contributed by atoms with Crippen LogP contribution in [0.5, 0.6) is 5.75 Å². The lowest BCUT2D eigenvalue weighted by Gasteiger charge is -2.07. The van der Waals surface area contributed by atoms with Crippen LogP contribution in [0.15, 0.2) is 71.6 Å². The molecule has 1 N–H and O–H groups in total. The lowest BCUT2D eigenvalue weighted by molar-refractivity contribution is -0.117. The third-order valence-corrected chi connectivity index (χ3v) is 4.92. The van der Waals surface area contributed by atoms with Crippen LogP contribution in [0.25, 0.3) is 6.08 Å². The third kappa shape index (κ3) is 5.57. The summed E-state index contributed by atoms with van der Waals surface area (Å²) in [6.45, 7) is 2.96. The number of carbonyl (C=O) groups is 1. The van der Waals surface area contributed by atoms with Crippen molar-refractivity contribution in [1.29, 1.82) is 5.26 Å². The molecule has 0 aliphatic rings. The zero-order valence-electron chi connectivity index (χ0n) is 15.5. The van der Waals surface area contributed by atoms with Crippen molar-refractivity contribution in [3.05, 3.63) is 93.2 Å². The minimum Gasteiger partial charge on any atom is -0.489 e. The van der Waals surface area contributed by atoms with Gasteiger partial charge in [-0.05, 0) is 47.7 Å². The van der Waals surface area contributed by atoms with Gasteiger partial charge in [0.15, 0.2) is 0 Å². The molecule has 5 heteroatoms. The Kier molecular flexibility index (Phi) is 6.61. The molecule has 0 spiro atoms. The second-order valence-electron chi connectivity index (χ2n) is 6.28. The Morgan fingerprint density at radius 3 is 2.68 bits per heavy atom. The molecule has 4 nitrogen and oxygen atoms in total. The number of aryl methyl sites for hydroxylation is 1. The van der Waals surface area contributed by atoms with Gasteiger partial charge in [0.2, 0.25) is 0 Å². The molecule has 3 aromatic rings. The van der Waals surface area contributed by atoms with Gasteiger partial charge in [0.1, 0.15) is 24.0 Å². The number of hydrogen-bond donors (Lipinski definition) is 1. The summed E-state index contributed by atoms with van der Waals surface area (Å²) >= 11 is 1.56. The van der Waals surface area contributed by atoms with Gasteiger partial charge >= 0.3 is 0 Å². The van der Waals surface area contributed by atoms with E-state index >= 15 is 0 Å². The second kappa shape index (κ2) is 9.54. The molecule has 0 aliphatic carbocycles. The molecular weight excluding hydrogens is 368 g/mol. The van der Waals surface area contributed by atoms with E-state index in [9.17, 15) is 10.1 Å². The summed E-state index contributed by atoms with van der Waals surface area (Å²) in [5.74, 6) is 0.356. The van der Waals surface area contributed by atoms with Gasteiger partial charge in [-0.1, -0.05) is 48.0 Å². The molecule has 28 heavy (non-hydrogen) atoms. The molecule has 0 unspecified atom stereocenters. The quantitative estimate of drug-likeness (QED) is 0.464. The van der Waals surface area contributed by atoms with Crippen molar-refractivity contribution in [2.45, 2.75) is 20.1 Å². The van der Waals surface area contributed by atoms with E-state index in [1.54, 1.807) is 17.4 Å². The van der Waals surface area contributed by atoms with Crippen LogP contribution in [0.2, 0.25) is 0 Å². The van der Waals surface area contributed by atoms with Crippen LogP contribution < -0.4 is 10.1 Å². The number of ether oxygens (including phenoxy) is 1. The lowest BCUT2D eigenvalue weighted by Crippen LogP contribution is -2.23. The first-order valence-electron chi connectivity index (χ1n) is 8.85. The van der Waals surface area contributed by atoms with E-state index in [-0.39, 0.29) is 11.5 Å². The van der Waals surface area contributed by atoms with E-state index < -0.39 is 0 Å². The molecular formula is C23H20N2O2S. The van der Waals surface area contributed by atoms with Gasteiger partial charge < -0.3 is 10.1 Å². The molecule has 0 radical (unpaired) electrons. The number of nitrogens with zero attached hydrogens (tertiary/aromatic N) is 1. The number of nitriles is 1. The zero-order valence-corrected chi connectivity index (χ0v) is 16.3. The van der Waals surface area contributed by atoms with Crippen molar-refractivity contribution in [1.82, 2.24) is 5.32 Å². The molecule has 1 heterocycles. The number of hydrogen-bond acceptors (Lipinski definition) is 4. The average Bonchev–Trinajstić information content (AvgIpc) is 3.23. The molecule has 0 atom stereocenters. The minimum atomic E-state index is -0.379. The molecule has 0 fully saturated rings. The molecule has 0 saturated heterocycles. The molecule has 1 amide bonds. The highest BCUT2D eigenvalue weighted by molar-refractivity contribution is 7.09. The summed E-state index contributed by atoms with van der Waals surface area (Å²) in [4.78, 5) is 13.2. The van der Waals surface area contributed by atoms with Crippen molar-refractivity contribution in [3.8, 4) is 11.8 Å². The second-order valence-corrected chi connectivity index (χ2v) is 7.31. The highest BCUT2D eigenvalue weighted by atomic mass is 32.1. The monoisotopic (exact) mass is 388 g/mol. The summed E-state index contributed by atoms with van der Waals surface area (Å²) in [5, 5.41) is 14.0. The third-order valence-electron chi connectivity index (χ3n) is 4.05. The SMILES string of the molecule is Cc1cccc(COc2ccc(/C=C(\C#N)C(=O)NCc3cccs3)cc2)c1. The van der Waals surface area contributed by atoms with Crippen LogP contribution in [0.4, 0.5) is 0 Å². The first-order valence-corrected chi connectivity index (χ1v) is 9.73. The summed E-state index contributed by atoms with van der Waals surface area (Å²) in [6.07, 6.45) is 1.58. The van der Waals surface area contributed by atoms with Gasteiger partial charge in [0, 0.05) is 4.88 Å². The van der Waals surface area contributed by atoms with E-state index in [2.05, 4.69) is 11.4 Å². The Morgan fingerprint density at radius 1 is 1.18 bits per heavy atom. The number of amides is 1. The molecule has 3 rings (SSSR count). The van der Waals surface area contributed by atoms with Gasteiger partial charge in [0.05, 0.1) is 6.54 Å². The maximum Gasteiger partial charge on any atom is 0.262 e. The van der Waals surface area contributed by atoms with Gasteiger partial charge in [-0.2, -0.15) is 5.26 Å². The number of thiophene rings is 1. The van der Waals surface area contributed by atoms with E-state index in [1.807, 2.05) is 73.0 Å². The first kappa shape index (κ1) is 19.4. The summed E-state index contributed by atoms with van der Waals surface area (Å²) in [6, 6.07) is 21.3. The molecule has 0 aliphatic heterocycles. The predicted molar refractivity (Wildman–Crippen MR) is 112 cm³/mol. The van der Waals surface area contributed by atoms with Crippen LogP contribution in [-0.4, -0.2) is 5.91 Å². The Morgan fingerprint density at radius 2 is 2.00 bits per heavy atom. The van der Waals surface area contributed by atoms with Crippen molar-refractivity contribution in [2.24, 2.45) is 0 Å². The van der Waals surface area contributed by atoms with E-state index in [0.29, 0.717) is 13.2 Å². The highest BCUT2D eigenvalue weighted by Gasteiger charge is 2.09. The van der Waals surface area contributed by atoms with Crippen molar-refractivity contribution in [2.75, 3.05) is 0 Å². The maximum absolute atomic E-state index is 12.2. The highest BCUT2D eigenvalue weighted by Crippen LogP contribution is 2.17. The number of carbonyl (C=O) groups excluding carboxylic acids is 1. The Bertz CT molecular complexity index is 1000. The fraction of sp³-hybridized carbons (Fsp3) is 0.130. The molecule has 0 bridgehead atoms. The molecule has 140 valence electrons. The van der Waals surface area contributed by atoms with Gasteiger partial charge in [-0.3, -0.25) is 4.79 Å². The zero-order chi connectivity index (χ0) is 19.8. The minimum absolute atomic E-state index is 0.0741. The molecule has 0 saturated carbocycles. The van der Waals surface area contributed by atoms with Gasteiger partial charge in [0.25, 0.3) is 5.91 Å². The number of benzene rings is 2. The van der Waals surface area contributed by atoms with E-state index in [4.69, 9.17) is 4.74 Å². The summed E-state index contributed by atoms with van der Waals surface area (Å²) in [5.41, 5.74) is 3.15. The Labute approximate surface area is 168 Å². The number of nitrogens with one attached hydrogen (secondary N) is 1.